The molecular formula is C8H12ClN3O. The minimum Gasteiger partial charge on any atom is -0.308 e. The molecule has 1 aromatic heterocycles. The van der Waals surface area contributed by atoms with E-state index in [1.807, 2.05) is 13.8 Å². The fraction of sp³-hybridized carbons (Fsp3) is 0.500. The lowest BCUT2D eigenvalue weighted by molar-refractivity contribution is -0.113. The second-order valence-electron chi connectivity index (χ2n) is 3.05. The highest BCUT2D eigenvalue weighted by Gasteiger charge is 2.06. The molecule has 0 fully saturated rings. The lowest BCUT2D eigenvalue weighted by Crippen LogP contribution is -2.12. The van der Waals surface area contributed by atoms with Crippen LogP contribution in [0, 0.1) is 0 Å². The van der Waals surface area contributed by atoms with Crippen molar-refractivity contribution in [2.24, 2.45) is 0 Å². The molecule has 72 valence electrons. The Morgan fingerprint density at radius 3 is 2.92 bits per heavy atom. The maximum absolute atomic E-state index is 10.9. The van der Waals surface area contributed by atoms with Crippen molar-refractivity contribution in [3.8, 4) is 0 Å². The van der Waals surface area contributed by atoms with Gasteiger partial charge in [0.2, 0.25) is 5.91 Å². The highest BCUT2D eigenvalue weighted by atomic mass is 35.5. The van der Waals surface area contributed by atoms with E-state index in [1.54, 1.807) is 6.07 Å². The van der Waals surface area contributed by atoms with Crippen molar-refractivity contribution in [1.29, 1.82) is 0 Å². The molecule has 1 aromatic rings. The molecule has 4 nitrogen and oxygen atoms in total. The first-order chi connectivity index (χ1) is 6.13. The summed E-state index contributed by atoms with van der Waals surface area (Å²) in [5.74, 6) is 0.594. The van der Waals surface area contributed by atoms with Gasteiger partial charge in [0.25, 0.3) is 0 Å². The average molecular weight is 202 g/mol. The molecule has 0 saturated carbocycles. The predicted octanol–water partition coefficient (Wildman–Crippen LogP) is 1.71. The SMILES string of the molecule is CC(C)c1cc(NC(=O)CCl)n[nH]1. The minimum absolute atomic E-state index is 0.0517. The van der Waals surface area contributed by atoms with Gasteiger partial charge in [-0.05, 0) is 5.92 Å². The molecule has 0 atom stereocenters. The fourth-order valence-corrected chi connectivity index (χ4v) is 0.939. The van der Waals surface area contributed by atoms with Crippen molar-refractivity contribution >= 4 is 23.3 Å². The van der Waals surface area contributed by atoms with Gasteiger partial charge >= 0.3 is 0 Å². The number of amides is 1. The molecule has 5 heteroatoms. The van der Waals surface area contributed by atoms with Gasteiger partial charge in [-0.1, -0.05) is 13.8 Å². The van der Waals surface area contributed by atoms with Gasteiger partial charge in [0.1, 0.15) is 5.88 Å². The first-order valence-corrected chi connectivity index (χ1v) is 4.58. The summed E-state index contributed by atoms with van der Waals surface area (Å²) in [7, 11) is 0. The summed E-state index contributed by atoms with van der Waals surface area (Å²) < 4.78 is 0. The number of nitrogens with zero attached hydrogens (tertiary/aromatic N) is 1. The van der Waals surface area contributed by atoms with Crippen molar-refractivity contribution < 1.29 is 4.79 Å². The van der Waals surface area contributed by atoms with E-state index in [4.69, 9.17) is 11.6 Å². The number of anilines is 1. The van der Waals surface area contributed by atoms with Crippen molar-refractivity contribution in [3.63, 3.8) is 0 Å². The van der Waals surface area contributed by atoms with Crippen LogP contribution >= 0.6 is 11.6 Å². The van der Waals surface area contributed by atoms with E-state index < -0.39 is 0 Å². The quantitative estimate of drug-likeness (QED) is 0.732. The first kappa shape index (κ1) is 10.1. The van der Waals surface area contributed by atoms with Gasteiger partial charge in [-0.15, -0.1) is 11.6 Å². The van der Waals surface area contributed by atoms with Crippen LogP contribution in [0.5, 0.6) is 0 Å². The van der Waals surface area contributed by atoms with Crippen LogP contribution in [-0.4, -0.2) is 22.0 Å². The molecule has 1 rings (SSSR count). The highest BCUT2D eigenvalue weighted by molar-refractivity contribution is 6.28. The van der Waals surface area contributed by atoms with Crippen molar-refractivity contribution in [3.05, 3.63) is 11.8 Å². The number of hydrogen-bond donors (Lipinski definition) is 2. The Balaban J connectivity index is 2.64. The van der Waals surface area contributed by atoms with Gasteiger partial charge in [0, 0.05) is 11.8 Å². The van der Waals surface area contributed by atoms with Crippen LogP contribution in [0.2, 0.25) is 0 Å². The summed E-state index contributed by atoms with van der Waals surface area (Å²) in [6, 6.07) is 1.80. The molecule has 0 aliphatic heterocycles. The minimum atomic E-state index is -0.247. The third-order valence-corrected chi connectivity index (χ3v) is 1.85. The van der Waals surface area contributed by atoms with E-state index in [9.17, 15) is 4.79 Å². The fourth-order valence-electron chi connectivity index (χ4n) is 0.873. The Bertz CT molecular complexity index is 295. The molecule has 0 bridgehead atoms. The molecule has 0 aliphatic rings. The second-order valence-corrected chi connectivity index (χ2v) is 3.31. The summed E-state index contributed by atoms with van der Waals surface area (Å²) in [4.78, 5) is 10.9. The number of hydrogen-bond acceptors (Lipinski definition) is 2. The summed E-state index contributed by atoms with van der Waals surface area (Å²) in [5.41, 5.74) is 0.991. The zero-order chi connectivity index (χ0) is 9.84. The normalized spacial score (nSPS) is 10.5. The highest BCUT2D eigenvalue weighted by Crippen LogP contribution is 2.14. The van der Waals surface area contributed by atoms with E-state index in [0.29, 0.717) is 11.7 Å². The Morgan fingerprint density at radius 1 is 1.77 bits per heavy atom. The largest absolute Gasteiger partial charge is 0.308 e. The first-order valence-electron chi connectivity index (χ1n) is 4.04. The Hall–Kier alpha value is -1.03. The number of aromatic amines is 1. The second kappa shape index (κ2) is 4.28. The number of rotatable bonds is 3. The molecule has 2 N–H and O–H groups in total. The molecule has 0 unspecified atom stereocenters. The maximum atomic E-state index is 10.9. The van der Waals surface area contributed by atoms with Crippen molar-refractivity contribution in [1.82, 2.24) is 10.2 Å². The van der Waals surface area contributed by atoms with Crippen molar-refractivity contribution in [2.75, 3.05) is 11.2 Å². The van der Waals surface area contributed by atoms with Gasteiger partial charge < -0.3 is 5.32 Å². The third kappa shape index (κ3) is 2.73. The van der Waals surface area contributed by atoms with Crippen LogP contribution in [0.4, 0.5) is 5.82 Å². The molecule has 13 heavy (non-hydrogen) atoms. The predicted molar refractivity (Wildman–Crippen MR) is 52.0 cm³/mol. The van der Waals surface area contributed by atoms with Gasteiger partial charge in [0.05, 0.1) is 0 Å². The van der Waals surface area contributed by atoms with Crippen LogP contribution in [0.3, 0.4) is 0 Å². The third-order valence-electron chi connectivity index (χ3n) is 1.61. The molecule has 0 aliphatic carbocycles. The molecule has 1 heterocycles. The number of carbonyl (C=O) groups excluding carboxylic acids is 1. The monoisotopic (exact) mass is 201 g/mol. The molecule has 1 amide bonds. The smallest absolute Gasteiger partial charge is 0.240 e. The number of carbonyl (C=O) groups is 1. The molecular weight excluding hydrogens is 190 g/mol. The van der Waals surface area contributed by atoms with Gasteiger partial charge in [0.15, 0.2) is 5.82 Å². The average Bonchev–Trinajstić information content (AvgIpc) is 2.52. The Morgan fingerprint density at radius 2 is 2.46 bits per heavy atom. The molecule has 0 radical (unpaired) electrons. The molecule has 0 aromatic carbocycles. The summed E-state index contributed by atoms with van der Waals surface area (Å²) in [6.07, 6.45) is 0. The lowest BCUT2D eigenvalue weighted by Gasteiger charge is -1.97. The zero-order valence-corrected chi connectivity index (χ0v) is 8.35. The zero-order valence-electron chi connectivity index (χ0n) is 7.60. The summed E-state index contributed by atoms with van der Waals surface area (Å²) in [5, 5.41) is 9.29. The topological polar surface area (TPSA) is 57.8 Å². The Kier molecular flexibility index (Phi) is 3.31. The number of H-pyrrole nitrogens is 1. The van der Waals surface area contributed by atoms with Crippen LogP contribution in [-0.2, 0) is 4.79 Å². The summed E-state index contributed by atoms with van der Waals surface area (Å²) in [6.45, 7) is 4.08. The van der Waals surface area contributed by atoms with Gasteiger partial charge in [-0.3, -0.25) is 9.89 Å². The van der Waals surface area contributed by atoms with E-state index in [-0.39, 0.29) is 11.8 Å². The maximum Gasteiger partial charge on any atom is 0.240 e. The number of alkyl halides is 1. The van der Waals surface area contributed by atoms with Crippen LogP contribution in [0.25, 0.3) is 0 Å². The van der Waals surface area contributed by atoms with E-state index in [1.165, 1.54) is 0 Å². The van der Waals surface area contributed by atoms with Gasteiger partial charge in [-0.25, -0.2) is 0 Å². The van der Waals surface area contributed by atoms with Crippen LogP contribution in [0.15, 0.2) is 6.07 Å². The Labute approximate surface area is 81.7 Å². The van der Waals surface area contributed by atoms with Crippen molar-refractivity contribution in [2.45, 2.75) is 19.8 Å². The van der Waals surface area contributed by atoms with Crippen LogP contribution in [0.1, 0.15) is 25.5 Å². The lowest BCUT2D eigenvalue weighted by atomic mass is 10.1. The number of aromatic nitrogens is 2. The van der Waals surface area contributed by atoms with E-state index in [2.05, 4.69) is 15.5 Å². The molecule has 0 spiro atoms. The number of nitrogens with one attached hydrogen (secondary N) is 2. The van der Waals surface area contributed by atoms with Crippen LogP contribution < -0.4 is 5.32 Å². The van der Waals surface area contributed by atoms with Gasteiger partial charge in [-0.2, -0.15) is 5.10 Å². The van der Waals surface area contributed by atoms with E-state index >= 15 is 0 Å². The molecule has 0 saturated heterocycles. The summed E-state index contributed by atoms with van der Waals surface area (Å²) >= 11 is 5.32. The number of halogens is 1. The van der Waals surface area contributed by atoms with E-state index in [0.717, 1.165) is 5.69 Å². The standard InChI is InChI=1S/C8H12ClN3O/c1-5(2)6-3-7(12-11-6)10-8(13)4-9/h3,5H,4H2,1-2H3,(H2,10,11,12,13).